The quantitative estimate of drug-likeness (QED) is 0.886. The first-order valence-electron chi connectivity index (χ1n) is 6.09. The molecular formula is C14H18F3NO2. The van der Waals surface area contributed by atoms with Gasteiger partial charge >= 0.3 is 12.1 Å². The Morgan fingerprint density at radius 2 is 1.75 bits per heavy atom. The Hall–Kier alpha value is -1.72. The number of carboxylic acid groups (broad SMARTS) is 1. The van der Waals surface area contributed by atoms with Crippen molar-refractivity contribution in [1.29, 1.82) is 0 Å². The van der Waals surface area contributed by atoms with Crippen LogP contribution in [0.15, 0.2) is 18.2 Å². The third-order valence-electron chi connectivity index (χ3n) is 2.83. The molecule has 0 saturated carbocycles. The predicted molar refractivity (Wildman–Crippen MR) is 70.7 cm³/mol. The smallest absolute Gasteiger partial charge is 0.416 e. The summed E-state index contributed by atoms with van der Waals surface area (Å²) in [6.07, 6.45) is -4.46. The standard InChI is InChI=1S/C14H18F3NO2/c1-8-5-9(14(15,16)17)7-10(6-8)18-11(12(19)20)13(2,3)4/h5-7,11,18H,1-4H3,(H,19,20). The number of alkyl halides is 3. The minimum absolute atomic E-state index is 0.152. The minimum Gasteiger partial charge on any atom is -0.480 e. The molecule has 0 fully saturated rings. The summed E-state index contributed by atoms with van der Waals surface area (Å²) in [5.74, 6) is -1.10. The van der Waals surface area contributed by atoms with Crippen molar-refractivity contribution in [3.8, 4) is 0 Å². The molecule has 1 rings (SSSR count). The zero-order valence-electron chi connectivity index (χ0n) is 11.8. The first-order valence-corrected chi connectivity index (χ1v) is 6.09. The summed E-state index contributed by atoms with van der Waals surface area (Å²) in [6, 6.07) is 2.47. The van der Waals surface area contributed by atoms with E-state index in [2.05, 4.69) is 5.32 Å². The molecule has 1 atom stereocenters. The van der Waals surface area contributed by atoms with Crippen LogP contribution in [0.1, 0.15) is 31.9 Å². The Bertz CT molecular complexity index is 504. The third kappa shape index (κ3) is 4.15. The van der Waals surface area contributed by atoms with Crippen molar-refractivity contribution in [3.05, 3.63) is 29.3 Å². The van der Waals surface area contributed by atoms with E-state index in [0.29, 0.717) is 5.56 Å². The first kappa shape index (κ1) is 16.3. The molecule has 0 aliphatic heterocycles. The fraction of sp³-hybridized carbons (Fsp3) is 0.500. The van der Waals surface area contributed by atoms with E-state index in [1.54, 1.807) is 20.8 Å². The Kier molecular flexibility index (Phi) is 4.36. The van der Waals surface area contributed by atoms with Crippen LogP contribution in [0.4, 0.5) is 18.9 Å². The van der Waals surface area contributed by atoms with Crippen molar-refractivity contribution >= 4 is 11.7 Å². The number of hydrogen-bond acceptors (Lipinski definition) is 2. The van der Waals surface area contributed by atoms with Gasteiger partial charge in [-0.2, -0.15) is 13.2 Å². The lowest BCUT2D eigenvalue weighted by atomic mass is 9.86. The lowest BCUT2D eigenvalue weighted by Crippen LogP contribution is -2.41. The molecule has 2 N–H and O–H groups in total. The number of anilines is 1. The molecular weight excluding hydrogens is 271 g/mol. The summed E-state index contributed by atoms with van der Waals surface area (Å²) in [7, 11) is 0. The summed E-state index contributed by atoms with van der Waals surface area (Å²) in [6.45, 7) is 6.66. The molecule has 6 heteroatoms. The van der Waals surface area contributed by atoms with E-state index >= 15 is 0 Å². The number of rotatable bonds is 3. The van der Waals surface area contributed by atoms with Gasteiger partial charge in [0.1, 0.15) is 6.04 Å². The highest BCUT2D eigenvalue weighted by molar-refractivity contribution is 5.78. The van der Waals surface area contributed by atoms with Gasteiger partial charge in [-0.1, -0.05) is 20.8 Å². The van der Waals surface area contributed by atoms with Gasteiger partial charge in [0.2, 0.25) is 0 Å². The maximum Gasteiger partial charge on any atom is 0.416 e. The van der Waals surface area contributed by atoms with Crippen LogP contribution in [-0.2, 0) is 11.0 Å². The highest BCUT2D eigenvalue weighted by Crippen LogP contribution is 2.33. The average molecular weight is 289 g/mol. The maximum atomic E-state index is 12.7. The van der Waals surface area contributed by atoms with Crippen LogP contribution in [-0.4, -0.2) is 17.1 Å². The van der Waals surface area contributed by atoms with E-state index < -0.39 is 29.2 Å². The number of carboxylic acids is 1. The molecule has 1 aromatic rings. The zero-order chi connectivity index (χ0) is 15.7. The second kappa shape index (κ2) is 5.34. The van der Waals surface area contributed by atoms with Crippen LogP contribution in [0.25, 0.3) is 0 Å². The van der Waals surface area contributed by atoms with E-state index in [9.17, 15) is 23.1 Å². The lowest BCUT2D eigenvalue weighted by Gasteiger charge is -2.29. The topological polar surface area (TPSA) is 49.3 Å². The van der Waals surface area contributed by atoms with Gasteiger partial charge < -0.3 is 10.4 Å². The molecule has 0 radical (unpaired) electrons. The molecule has 0 aliphatic rings. The van der Waals surface area contributed by atoms with E-state index in [4.69, 9.17) is 0 Å². The van der Waals surface area contributed by atoms with Crippen molar-refractivity contribution in [2.75, 3.05) is 5.32 Å². The molecule has 0 heterocycles. The normalized spacial score (nSPS) is 13.9. The molecule has 0 spiro atoms. The van der Waals surface area contributed by atoms with Gasteiger partial charge in [-0.05, 0) is 36.1 Å². The van der Waals surface area contributed by atoms with E-state index in [1.165, 1.54) is 13.0 Å². The Morgan fingerprint density at radius 1 is 1.20 bits per heavy atom. The predicted octanol–water partition coefficient (Wildman–Crippen LogP) is 3.93. The van der Waals surface area contributed by atoms with Gasteiger partial charge in [0.05, 0.1) is 5.56 Å². The average Bonchev–Trinajstić information content (AvgIpc) is 2.21. The number of carbonyl (C=O) groups is 1. The van der Waals surface area contributed by atoms with E-state index in [-0.39, 0.29) is 5.69 Å². The Morgan fingerprint density at radius 3 is 2.15 bits per heavy atom. The van der Waals surface area contributed by atoms with E-state index in [1.807, 2.05) is 0 Å². The van der Waals surface area contributed by atoms with Crippen LogP contribution in [0.2, 0.25) is 0 Å². The minimum atomic E-state index is -4.46. The number of halogens is 3. The number of aryl methyl sites for hydroxylation is 1. The maximum absolute atomic E-state index is 12.7. The molecule has 0 amide bonds. The molecule has 112 valence electrons. The number of hydrogen-bond donors (Lipinski definition) is 2. The second-order valence-electron chi connectivity index (χ2n) is 5.87. The van der Waals surface area contributed by atoms with E-state index in [0.717, 1.165) is 12.1 Å². The molecule has 1 unspecified atom stereocenters. The number of nitrogens with one attached hydrogen (secondary N) is 1. The van der Waals surface area contributed by atoms with Gasteiger partial charge in [-0.15, -0.1) is 0 Å². The van der Waals surface area contributed by atoms with Crippen LogP contribution in [0.3, 0.4) is 0 Å². The fourth-order valence-corrected chi connectivity index (χ4v) is 1.85. The van der Waals surface area contributed by atoms with Gasteiger partial charge in [0.15, 0.2) is 0 Å². The van der Waals surface area contributed by atoms with Crippen LogP contribution in [0.5, 0.6) is 0 Å². The Balaban J connectivity index is 3.15. The fourth-order valence-electron chi connectivity index (χ4n) is 1.85. The monoisotopic (exact) mass is 289 g/mol. The summed E-state index contributed by atoms with van der Waals surface area (Å²) in [5, 5.41) is 11.9. The van der Waals surface area contributed by atoms with Crippen molar-refractivity contribution in [3.63, 3.8) is 0 Å². The van der Waals surface area contributed by atoms with Crippen molar-refractivity contribution in [1.82, 2.24) is 0 Å². The number of aliphatic carboxylic acids is 1. The van der Waals surface area contributed by atoms with Gasteiger partial charge in [0, 0.05) is 5.69 Å². The summed E-state index contributed by atoms with van der Waals surface area (Å²) in [4.78, 5) is 11.2. The molecule has 0 saturated heterocycles. The Labute approximate surface area is 115 Å². The van der Waals surface area contributed by atoms with Crippen molar-refractivity contribution in [2.45, 2.75) is 39.9 Å². The van der Waals surface area contributed by atoms with Crippen LogP contribution in [0, 0.1) is 12.3 Å². The van der Waals surface area contributed by atoms with Gasteiger partial charge in [0.25, 0.3) is 0 Å². The zero-order valence-corrected chi connectivity index (χ0v) is 11.8. The molecule has 1 aromatic carbocycles. The summed E-state index contributed by atoms with van der Waals surface area (Å²) in [5.41, 5.74) is -0.855. The second-order valence-corrected chi connectivity index (χ2v) is 5.87. The van der Waals surface area contributed by atoms with Crippen molar-refractivity contribution < 1.29 is 23.1 Å². The summed E-state index contributed by atoms with van der Waals surface area (Å²) >= 11 is 0. The molecule has 0 bridgehead atoms. The van der Waals surface area contributed by atoms with Crippen molar-refractivity contribution in [2.24, 2.45) is 5.41 Å². The summed E-state index contributed by atoms with van der Waals surface area (Å²) < 4.78 is 38.2. The van der Waals surface area contributed by atoms with Gasteiger partial charge in [-0.3, -0.25) is 0 Å². The van der Waals surface area contributed by atoms with Crippen LogP contribution >= 0.6 is 0 Å². The molecule has 0 aromatic heterocycles. The highest BCUT2D eigenvalue weighted by Gasteiger charge is 2.33. The number of benzene rings is 1. The molecule has 3 nitrogen and oxygen atoms in total. The molecule has 20 heavy (non-hydrogen) atoms. The molecule has 0 aliphatic carbocycles. The van der Waals surface area contributed by atoms with Crippen LogP contribution < -0.4 is 5.32 Å². The largest absolute Gasteiger partial charge is 0.480 e. The lowest BCUT2D eigenvalue weighted by molar-refractivity contribution is -0.140. The first-order chi connectivity index (χ1) is 8.91. The highest BCUT2D eigenvalue weighted by atomic mass is 19.4. The van der Waals surface area contributed by atoms with Gasteiger partial charge in [-0.25, -0.2) is 4.79 Å². The SMILES string of the molecule is Cc1cc(NC(C(=O)O)C(C)(C)C)cc(C(F)(F)F)c1. The third-order valence-corrected chi connectivity index (χ3v) is 2.83.